The minimum atomic E-state index is -0.435. The molecule has 0 spiro atoms. The highest BCUT2D eigenvalue weighted by atomic mass is 79.9. The second-order valence-electron chi connectivity index (χ2n) is 6.19. The molecule has 0 saturated heterocycles. The fourth-order valence-electron chi connectivity index (χ4n) is 3.49. The number of carbonyl (C=O) groups is 1. The molecule has 3 N–H and O–H groups in total. The molecule has 8 heteroatoms. The molecule has 25 heavy (non-hydrogen) atoms. The van der Waals surface area contributed by atoms with Crippen molar-refractivity contribution in [2.45, 2.75) is 31.6 Å². The number of thiophene rings is 1. The molecule has 1 aliphatic rings. The molecule has 130 valence electrons. The van der Waals surface area contributed by atoms with Gasteiger partial charge in [-0.3, -0.25) is 9.89 Å². The Balaban J connectivity index is 1.93. The molecule has 0 bridgehead atoms. The van der Waals surface area contributed by atoms with Gasteiger partial charge in [0.05, 0.1) is 22.2 Å². The summed E-state index contributed by atoms with van der Waals surface area (Å²) in [5, 5.41) is 10.5. The number of carbonyl (C=O) groups excluding carboxylic acids is 1. The normalized spacial score (nSPS) is 15.1. The molecule has 4 rings (SSSR count). The molecule has 6 nitrogen and oxygen atoms in total. The largest absolute Gasteiger partial charge is 0.479 e. The molecule has 3 aromatic rings. The maximum absolute atomic E-state index is 11.4. The number of amides is 1. The SMILES string of the molecule is COc1nc(-c2csc(C(N)=O)c2)c(Br)c2c(C3CCCC3)[nH]nc12. The van der Waals surface area contributed by atoms with Crippen molar-refractivity contribution < 1.29 is 9.53 Å². The van der Waals surface area contributed by atoms with E-state index in [1.807, 2.05) is 5.38 Å². The van der Waals surface area contributed by atoms with Crippen LogP contribution >= 0.6 is 27.3 Å². The van der Waals surface area contributed by atoms with Crippen molar-refractivity contribution in [3.63, 3.8) is 0 Å². The average Bonchev–Trinajstić information content (AvgIpc) is 3.34. The fraction of sp³-hybridized carbons (Fsp3) is 0.353. The van der Waals surface area contributed by atoms with Crippen molar-refractivity contribution in [3.05, 3.63) is 26.5 Å². The number of ether oxygens (including phenoxy) is 1. The van der Waals surface area contributed by atoms with Crippen LogP contribution in [0.5, 0.6) is 5.88 Å². The number of nitrogens with two attached hydrogens (primary N) is 1. The van der Waals surface area contributed by atoms with E-state index in [4.69, 9.17) is 10.5 Å². The monoisotopic (exact) mass is 420 g/mol. The van der Waals surface area contributed by atoms with E-state index in [0.717, 1.165) is 45.2 Å². The Labute approximate surface area is 156 Å². The lowest BCUT2D eigenvalue weighted by molar-refractivity contribution is 0.100. The Bertz CT molecular complexity index is 959. The number of aromatic nitrogens is 3. The number of aromatic amines is 1. The molecule has 1 fully saturated rings. The van der Waals surface area contributed by atoms with Crippen LogP contribution in [0.1, 0.15) is 47.0 Å². The van der Waals surface area contributed by atoms with Crippen LogP contribution in [0.4, 0.5) is 0 Å². The van der Waals surface area contributed by atoms with Gasteiger partial charge in [0.2, 0.25) is 5.88 Å². The summed E-state index contributed by atoms with van der Waals surface area (Å²) in [6, 6.07) is 1.76. The first-order valence-electron chi connectivity index (χ1n) is 8.10. The molecule has 0 radical (unpaired) electrons. The zero-order chi connectivity index (χ0) is 17.6. The van der Waals surface area contributed by atoms with E-state index in [1.54, 1.807) is 13.2 Å². The van der Waals surface area contributed by atoms with Crippen molar-refractivity contribution >= 4 is 44.1 Å². The lowest BCUT2D eigenvalue weighted by Gasteiger charge is -2.11. The van der Waals surface area contributed by atoms with Gasteiger partial charge in [-0.2, -0.15) is 5.10 Å². The van der Waals surface area contributed by atoms with Gasteiger partial charge in [-0.1, -0.05) is 12.8 Å². The van der Waals surface area contributed by atoms with Crippen molar-refractivity contribution in [2.24, 2.45) is 5.73 Å². The summed E-state index contributed by atoms with van der Waals surface area (Å²) in [5.41, 5.74) is 8.81. The lowest BCUT2D eigenvalue weighted by Crippen LogP contribution is -2.08. The van der Waals surface area contributed by atoms with Crippen LogP contribution in [0.25, 0.3) is 22.2 Å². The molecule has 0 unspecified atom stereocenters. The van der Waals surface area contributed by atoms with Gasteiger partial charge in [-0.25, -0.2) is 4.98 Å². The summed E-state index contributed by atoms with van der Waals surface area (Å²) < 4.78 is 6.34. The third kappa shape index (κ3) is 2.73. The zero-order valence-corrected chi connectivity index (χ0v) is 16.0. The number of methoxy groups -OCH3 is 1. The molecule has 0 aliphatic heterocycles. The number of primary amides is 1. The zero-order valence-electron chi connectivity index (χ0n) is 13.6. The third-order valence-corrected chi connectivity index (χ3v) is 6.43. The van der Waals surface area contributed by atoms with Gasteiger partial charge in [0.25, 0.3) is 5.91 Å². The van der Waals surface area contributed by atoms with Crippen LogP contribution in [0.15, 0.2) is 15.9 Å². The smallest absolute Gasteiger partial charge is 0.258 e. The number of nitrogens with one attached hydrogen (secondary N) is 1. The van der Waals surface area contributed by atoms with Crippen LogP contribution in [-0.4, -0.2) is 28.2 Å². The molecule has 1 amide bonds. The van der Waals surface area contributed by atoms with Crippen LogP contribution in [0, 0.1) is 0 Å². The van der Waals surface area contributed by atoms with E-state index in [9.17, 15) is 4.79 Å². The van der Waals surface area contributed by atoms with Gasteiger partial charge in [-0.15, -0.1) is 11.3 Å². The third-order valence-electron chi connectivity index (χ3n) is 4.71. The predicted molar refractivity (Wildman–Crippen MR) is 101 cm³/mol. The number of rotatable bonds is 4. The Morgan fingerprint density at radius 1 is 1.44 bits per heavy atom. The Kier molecular flexibility index (Phi) is 4.24. The number of pyridine rings is 1. The number of H-pyrrole nitrogens is 1. The highest BCUT2D eigenvalue weighted by Gasteiger charge is 2.26. The summed E-state index contributed by atoms with van der Waals surface area (Å²) in [5.74, 6) is 0.515. The van der Waals surface area contributed by atoms with Crippen LogP contribution < -0.4 is 10.5 Å². The second kappa shape index (κ2) is 6.42. The van der Waals surface area contributed by atoms with Crippen LogP contribution in [0.3, 0.4) is 0 Å². The maximum Gasteiger partial charge on any atom is 0.258 e. The first kappa shape index (κ1) is 16.5. The molecule has 1 saturated carbocycles. The summed E-state index contributed by atoms with van der Waals surface area (Å²) in [6.45, 7) is 0. The van der Waals surface area contributed by atoms with Gasteiger partial charge >= 0.3 is 0 Å². The maximum atomic E-state index is 11.4. The minimum Gasteiger partial charge on any atom is -0.479 e. The quantitative estimate of drug-likeness (QED) is 0.660. The van der Waals surface area contributed by atoms with Crippen LogP contribution in [-0.2, 0) is 0 Å². The van der Waals surface area contributed by atoms with Crippen molar-refractivity contribution in [1.29, 1.82) is 0 Å². The van der Waals surface area contributed by atoms with Crippen molar-refractivity contribution in [3.8, 4) is 17.1 Å². The van der Waals surface area contributed by atoms with Gasteiger partial charge in [0, 0.05) is 27.9 Å². The predicted octanol–water partition coefficient (Wildman–Crippen LogP) is 4.21. The van der Waals surface area contributed by atoms with Crippen LogP contribution in [0.2, 0.25) is 0 Å². The van der Waals surface area contributed by atoms with E-state index >= 15 is 0 Å². The molecule has 3 heterocycles. The van der Waals surface area contributed by atoms with Gasteiger partial charge < -0.3 is 10.5 Å². The number of nitrogens with zero attached hydrogens (tertiary/aromatic N) is 2. The summed E-state index contributed by atoms with van der Waals surface area (Å²) >= 11 is 5.03. The van der Waals surface area contributed by atoms with E-state index in [2.05, 4.69) is 31.1 Å². The molecule has 3 aromatic heterocycles. The Hall–Kier alpha value is -1.93. The molecule has 1 aliphatic carbocycles. The Morgan fingerprint density at radius 2 is 2.20 bits per heavy atom. The number of halogens is 1. The topological polar surface area (TPSA) is 93.9 Å². The highest BCUT2D eigenvalue weighted by molar-refractivity contribution is 9.10. The number of hydrogen-bond donors (Lipinski definition) is 2. The molecule has 0 aromatic carbocycles. The van der Waals surface area contributed by atoms with E-state index in [0.29, 0.717) is 16.7 Å². The van der Waals surface area contributed by atoms with Gasteiger partial charge in [0.1, 0.15) is 0 Å². The summed E-state index contributed by atoms with van der Waals surface area (Å²) in [7, 11) is 1.59. The standard InChI is InChI=1S/C17H17BrN4O2S/c1-24-17-15-11(13(21-22-15)8-4-2-3-5-8)12(18)14(20-17)9-6-10(16(19)23)25-7-9/h6-8H,2-5H2,1H3,(H2,19,23)(H,21,22). The van der Waals surface area contributed by atoms with Gasteiger partial charge in [0.15, 0.2) is 5.52 Å². The molecular formula is C17H17BrN4O2S. The van der Waals surface area contributed by atoms with Crippen molar-refractivity contribution in [2.75, 3.05) is 7.11 Å². The second-order valence-corrected chi connectivity index (χ2v) is 7.89. The lowest BCUT2D eigenvalue weighted by atomic mass is 10.00. The Morgan fingerprint density at radius 3 is 2.84 bits per heavy atom. The minimum absolute atomic E-state index is 0.435. The van der Waals surface area contributed by atoms with E-state index in [1.165, 1.54) is 24.2 Å². The van der Waals surface area contributed by atoms with Gasteiger partial charge in [-0.05, 0) is 34.8 Å². The fourth-order valence-corrected chi connectivity index (χ4v) is 4.95. The highest BCUT2D eigenvalue weighted by Crippen LogP contribution is 2.44. The molecule has 0 atom stereocenters. The average molecular weight is 421 g/mol. The number of fused-ring (bicyclic) bond motifs is 1. The first-order valence-corrected chi connectivity index (χ1v) is 9.77. The van der Waals surface area contributed by atoms with E-state index < -0.39 is 5.91 Å². The number of hydrogen-bond acceptors (Lipinski definition) is 5. The first-order chi connectivity index (χ1) is 12.1. The van der Waals surface area contributed by atoms with Crippen molar-refractivity contribution in [1.82, 2.24) is 15.2 Å². The summed E-state index contributed by atoms with van der Waals surface area (Å²) in [6.07, 6.45) is 4.80. The van der Waals surface area contributed by atoms with E-state index in [-0.39, 0.29) is 0 Å². The summed E-state index contributed by atoms with van der Waals surface area (Å²) in [4.78, 5) is 16.5. The molecular weight excluding hydrogens is 404 g/mol.